The summed E-state index contributed by atoms with van der Waals surface area (Å²) in [4.78, 5) is 9.19. The molecule has 0 aliphatic heterocycles. The van der Waals surface area contributed by atoms with E-state index < -0.39 is 7.14 Å². The van der Waals surface area contributed by atoms with Crippen LogP contribution in [0.1, 0.15) is 0 Å². The molecule has 0 amide bonds. The number of fused-ring (bicyclic) bond motifs is 3. The maximum absolute atomic E-state index is 15.1. The van der Waals surface area contributed by atoms with Crippen molar-refractivity contribution < 1.29 is 4.57 Å². The van der Waals surface area contributed by atoms with E-state index in [2.05, 4.69) is 58.5 Å². The van der Waals surface area contributed by atoms with E-state index in [-0.39, 0.29) is 0 Å². The molecule has 2 aromatic heterocycles. The zero-order chi connectivity index (χ0) is 25.5. The molecule has 0 fully saturated rings. The third kappa shape index (κ3) is 3.63. The molecule has 2 heterocycles. The van der Waals surface area contributed by atoms with Gasteiger partial charge in [0.2, 0.25) is 0 Å². The second-order valence-electron chi connectivity index (χ2n) is 9.41. The topological polar surface area (TPSA) is 42.9 Å². The Morgan fingerprint density at radius 1 is 0.474 bits per heavy atom. The summed E-state index contributed by atoms with van der Waals surface area (Å²) in [6.07, 6.45) is 3.62. The minimum atomic E-state index is -3.11. The van der Waals surface area contributed by atoms with Gasteiger partial charge in [-0.1, -0.05) is 103 Å². The fraction of sp³-hybridized carbons (Fsp3) is 0. The second-order valence-corrected chi connectivity index (χ2v) is 12.2. The SMILES string of the molecule is O=P(c1ccccc1)(c1ccc(-c2c3cccnc3cc3ncccc23)cc1)c1ccc2ccccc2c1. The number of rotatable bonds is 4. The van der Waals surface area contributed by atoms with Crippen LogP contribution >= 0.6 is 7.14 Å². The van der Waals surface area contributed by atoms with Crippen molar-refractivity contribution in [3.8, 4) is 11.1 Å². The molecule has 38 heavy (non-hydrogen) atoms. The Morgan fingerprint density at radius 3 is 1.74 bits per heavy atom. The van der Waals surface area contributed by atoms with Crippen molar-refractivity contribution in [2.45, 2.75) is 0 Å². The Kier molecular flexibility index (Phi) is 5.39. The van der Waals surface area contributed by atoms with Gasteiger partial charge in [-0.25, -0.2) is 0 Å². The summed E-state index contributed by atoms with van der Waals surface area (Å²) in [5.41, 5.74) is 3.95. The molecule has 0 saturated heterocycles. The van der Waals surface area contributed by atoms with Crippen LogP contribution in [0.25, 0.3) is 43.7 Å². The summed E-state index contributed by atoms with van der Waals surface area (Å²) in [5, 5.41) is 6.83. The van der Waals surface area contributed by atoms with Gasteiger partial charge in [0, 0.05) is 44.6 Å². The summed E-state index contributed by atoms with van der Waals surface area (Å²) < 4.78 is 15.1. The smallest absolute Gasteiger partial charge is 0.171 e. The van der Waals surface area contributed by atoms with Gasteiger partial charge in [-0.2, -0.15) is 0 Å². The van der Waals surface area contributed by atoms with Crippen LogP contribution in [0.2, 0.25) is 0 Å². The van der Waals surface area contributed by atoms with Gasteiger partial charge in [0.1, 0.15) is 0 Å². The molecule has 3 nitrogen and oxygen atoms in total. The number of aromatic nitrogens is 2. The Labute approximate surface area is 220 Å². The van der Waals surface area contributed by atoms with E-state index in [9.17, 15) is 0 Å². The lowest BCUT2D eigenvalue weighted by Gasteiger charge is -2.21. The number of pyridine rings is 2. The summed E-state index contributed by atoms with van der Waals surface area (Å²) in [6.45, 7) is 0. The molecule has 0 bridgehead atoms. The van der Waals surface area contributed by atoms with E-state index in [1.807, 2.05) is 91.3 Å². The van der Waals surface area contributed by atoms with E-state index in [1.54, 1.807) is 0 Å². The van der Waals surface area contributed by atoms with Crippen LogP contribution in [-0.4, -0.2) is 9.97 Å². The Hall–Kier alpha value is -4.59. The standard InChI is InChI=1S/C34H23N2OP/c37-38(27-10-2-1-3-11-27,29-19-14-24-8-4-5-9-26(24)22-29)28-17-15-25(16-18-28)34-30-12-6-20-35-32(30)23-33-31(34)13-7-21-36-33/h1-23H. The molecular weight excluding hydrogens is 483 g/mol. The molecule has 7 rings (SSSR count). The van der Waals surface area contributed by atoms with Gasteiger partial charge in [-0.05, 0) is 40.6 Å². The monoisotopic (exact) mass is 506 g/mol. The highest BCUT2D eigenvalue weighted by Gasteiger charge is 2.30. The Morgan fingerprint density at radius 2 is 1.05 bits per heavy atom. The lowest BCUT2D eigenvalue weighted by molar-refractivity contribution is 0.592. The van der Waals surface area contributed by atoms with E-state index in [1.165, 1.54) is 0 Å². The lowest BCUT2D eigenvalue weighted by Crippen LogP contribution is -2.25. The lowest BCUT2D eigenvalue weighted by atomic mass is 9.96. The predicted octanol–water partition coefficient (Wildman–Crippen LogP) is 7.24. The third-order valence-electron chi connectivity index (χ3n) is 7.23. The van der Waals surface area contributed by atoms with Crippen LogP contribution < -0.4 is 15.9 Å². The van der Waals surface area contributed by atoms with Crippen LogP contribution in [0, 0.1) is 0 Å². The third-order valence-corrected chi connectivity index (χ3v) is 10.3. The van der Waals surface area contributed by atoms with Gasteiger partial charge in [-0.3, -0.25) is 9.97 Å². The van der Waals surface area contributed by atoms with Crippen LogP contribution in [0.5, 0.6) is 0 Å². The summed E-state index contributed by atoms with van der Waals surface area (Å²) >= 11 is 0. The average Bonchev–Trinajstić information content (AvgIpc) is 2.99. The van der Waals surface area contributed by atoms with Crippen LogP contribution in [-0.2, 0) is 4.57 Å². The highest BCUT2D eigenvalue weighted by atomic mass is 31.2. The molecule has 7 aromatic rings. The number of nitrogens with zero attached hydrogens (tertiary/aromatic N) is 2. The van der Waals surface area contributed by atoms with E-state index in [4.69, 9.17) is 0 Å². The maximum atomic E-state index is 15.1. The molecule has 0 radical (unpaired) electrons. The van der Waals surface area contributed by atoms with Crippen molar-refractivity contribution in [3.63, 3.8) is 0 Å². The largest absolute Gasteiger partial charge is 0.309 e. The first-order valence-corrected chi connectivity index (χ1v) is 14.3. The highest BCUT2D eigenvalue weighted by molar-refractivity contribution is 7.85. The highest BCUT2D eigenvalue weighted by Crippen LogP contribution is 2.44. The van der Waals surface area contributed by atoms with Crippen molar-refractivity contribution in [2.75, 3.05) is 0 Å². The van der Waals surface area contributed by atoms with Gasteiger partial charge < -0.3 is 4.57 Å². The minimum absolute atomic E-state index is 0.809. The van der Waals surface area contributed by atoms with Crippen LogP contribution in [0.15, 0.2) is 140 Å². The van der Waals surface area contributed by atoms with Gasteiger partial charge in [0.15, 0.2) is 7.14 Å². The van der Waals surface area contributed by atoms with Gasteiger partial charge >= 0.3 is 0 Å². The molecule has 4 heteroatoms. The molecule has 0 spiro atoms. The minimum Gasteiger partial charge on any atom is -0.309 e. The quantitative estimate of drug-likeness (QED) is 0.187. The molecule has 180 valence electrons. The first-order chi connectivity index (χ1) is 18.7. The van der Waals surface area contributed by atoms with Crippen molar-refractivity contribution in [1.82, 2.24) is 9.97 Å². The average molecular weight is 507 g/mol. The van der Waals surface area contributed by atoms with E-state index in [0.717, 1.165) is 59.6 Å². The van der Waals surface area contributed by atoms with Crippen molar-refractivity contribution in [1.29, 1.82) is 0 Å². The number of hydrogen-bond acceptors (Lipinski definition) is 3. The first-order valence-electron chi connectivity index (χ1n) is 12.6. The molecule has 0 aliphatic rings. The summed E-state index contributed by atoms with van der Waals surface area (Å²) in [5.74, 6) is 0. The molecule has 0 aliphatic carbocycles. The van der Waals surface area contributed by atoms with Crippen molar-refractivity contribution in [2.24, 2.45) is 0 Å². The van der Waals surface area contributed by atoms with Crippen molar-refractivity contribution in [3.05, 3.63) is 140 Å². The summed E-state index contributed by atoms with van der Waals surface area (Å²) in [6, 6.07) is 42.6. The number of benzene rings is 5. The molecule has 1 unspecified atom stereocenters. The van der Waals surface area contributed by atoms with Crippen molar-refractivity contribution >= 4 is 55.6 Å². The van der Waals surface area contributed by atoms with Gasteiger partial charge in [0.25, 0.3) is 0 Å². The maximum Gasteiger partial charge on any atom is 0.171 e. The molecule has 0 N–H and O–H groups in total. The Bertz CT molecular complexity index is 1950. The zero-order valence-corrected chi connectivity index (χ0v) is 21.4. The normalized spacial score (nSPS) is 13.1. The summed E-state index contributed by atoms with van der Waals surface area (Å²) in [7, 11) is -3.11. The van der Waals surface area contributed by atoms with Crippen LogP contribution in [0.3, 0.4) is 0 Å². The molecule has 1 atom stereocenters. The van der Waals surface area contributed by atoms with E-state index in [0.29, 0.717) is 0 Å². The fourth-order valence-electron chi connectivity index (χ4n) is 5.37. The van der Waals surface area contributed by atoms with Gasteiger partial charge in [-0.15, -0.1) is 0 Å². The second kappa shape index (κ2) is 9.06. The number of hydrogen-bond donors (Lipinski definition) is 0. The first kappa shape index (κ1) is 22.6. The molecular formula is C34H23N2OP. The van der Waals surface area contributed by atoms with Gasteiger partial charge in [0.05, 0.1) is 11.0 Å². The molecule has 0 saturated carbocycles. The fourth-order valence-corrected chi connectivity index (χ4v) is 8.03. The van der Waals surface area contributed by atoms with E-state index >= 15 is 4.57 Å². The zero-order valence-electron chi connectivity index (χ0n) is 20.5. The van der Waals surface area contributed by atoms with Crippen LogP contribution in [0.4, 0.5) is 0 Å². The molecule has 5 aromatic carbocycles. The predicted molar refractivity (Wildman–Crippen MR) is 159 cm³/mol. The Balaban J connectivity index is 1.43.